The summed E-state index contributed by atoms with van der Waals surface area (Å²) in [6.07, 6.45) is 3.07. The van der Waals surface area contributed by atoms with Crippen molar-refractivity contribution in [2.45, 2.75) is 47.2 Å². The molecule has 0 atom stereocenters. The molecule has 0 unspecified atom stereocenters. The normalized spacial score (nSPS) is 12.0. The number of hydrogen-bond donors (Lipinski definition) is 1. The van der Waals surface area contributed by atoms with Gasteiger partial charge in [0.05, 0.1) is 5.69 Å². The molecule has 15 heavy (non-hydrogen) atoms. The molecule has 0 radical (unpaired) electrons. The molecule has 0 saturated heterocycles. The fourth-order valence-electron chi connectivity index (χ4n) is 1.47. The Morgan fingerprint density at radius 2 is 2.13 bits per heavy atom. The summed E-state index contributed by atoms with van der Waals surface area (Å²) >= 11 is 0. The summed E-state index contributed by atoms with van der Waals surface area (Å²) in [4.78, 5) is 0. The Morgan fingerprint density at radius 1 is 1.40 bits per heavy atom. The quantitative estimate of drug-likeness (QED) is 0.755. The van der Waals surface area contributed by atoms with E-state index < -0.39 is 0 Å². The molecule has 0 fully saturated rings. The van der Waals surface area contributed by atoms with E-state index in [-0.39, 0.29) is 0 Å². The maximum absolute atomic E-state index is 4.24. The Labute approximate surface area is 92.9 Å². The van der Waals surface area contributed by atoms with Gasteiger partial charge in [-0.2, -0.15) is 5.10 Å². The van der Waals surface area contributed by atoms with E-state index in [9.17, 15) is 0 Å². The minimum absolute atomic E-state index is 0.415. The molecule has 1 aromatic rings. The number of aryl methyl sites for hydroxylation is 1. The Kier molecular flexibility index (Phi) is 4.33. The van der Waals surface area contributed by atoms with Gasteiger partial charge >= 0.3 is 0 Å². The van der Waals surface area contributed by atoms with Crippen molar-refractivity contribution in [2.24, 2.45) is 5.41 Å². The first kappa shape index (κ1) is 12.2. The average Bonchev–Trinajstić information content (AvgIpc) is 2.58. The molecule has 0 spiro atoms. The second-order valence-corrected chi connectivity index (χ2v) is 5.13. The van der Waals surface area contributed by atoms with E-state index in [0.29, 0.717) is 5.41 Å². The number of nitrogens with one attached hydrogen (secondary N) is 1. The van der Waals surface area contributed by atoms with E-state index in [1.54, 1.807) is 0 Å². The van der Waals surface area contributed by atoms with Crippen molar-refractivity contribution < 1.29 is 0 Å². The van der Waals surface area contributed by atoms with Crippen molar-refractivity contribution in [2.75, 3.05) is 6.54 Å². The fourth-order valence-corrected chi connectivity index (χ4v) is 1.47. The summed E-state index contributed by atoms with van der Waals surface area (Å²) in [5, 5.41) is 7.70. The van der Waals surface area contributed by atoms with Gasteiger partial charge in [-0.25, -0.2) is 0 Å². The zero-order chi connectivity index (χ0) is 11.3. The maximum Gasteiger partial charge on any atom is 0.0521 e. The van der Waals surface area contributed by atoms with Crippen LogP contribution in [0.15, 0.2) is 12.3 Å². The van der Waals surface area contributed by atoms with Crippen LogP contribution in [0, 0.1) is 5.41 Å². The molecule has 0 aliphatic rings. The van der Waals surface area contributed by atoms with Gasteiger partial charge in [-0.15, -0.1) is 0 Å². The van der Waals surface area contributed by atoms with Gasteiger partial charge in [-0.3, -0.25) is 4.68 Å². The van der Waals surface area contributed by atoms with Crippen LogP contribution in [0.3, 0.4) is 0 Å². The molecule has 0 amide bonds. The Morgan fingerprint density at radius 3 is 2.73 bits per heavy atom. The predicted molar refractivity (Wildman–Crippen MR) is 63.7 cm³/mol. The lowest BCUT2D eigenvalue weighted by molar-refractivity contribution is 0.365. The van der Waals surface area contributed by atoms with Crippen molar-refractivity contribution in [3.63, 3.8) is 0 Å². The average molecular weight is 209 g/mol. The third kappa shape index (κ3) is 4.47. The Balaban J connectivity index is 2.26. The van der Waals surface area contributed by atoms with Gasteiger partial charge in [-0.1, -0.05) is 20.8 Å². The topological polar surface area (TPSA) is 29.9 Å². The van der Waals surface area contributed by atoms with Gasteiger partial charge < -0.3 is 5.32 Å². The van der Waals surface area contributed by atoms with E-state index in [1.807, 2.05) is 10.9 Å². The summed E-state index contributed by atoms with van der Waals surface area (Å²) in [6.45, 7) is 11.9. The van der Waals surface area contributed by atoms with E-state index >= 15 is 0 Å². The summed E-state index contributed by atoms with van der Waals surface area (Å²) in [6, 6.07) is 2.08. The molecule has 1 rings (SSSR count). The SMILES string of the molecule is CCn1nccc1CNCCC(C)(C)C. The molecular formula is C12H23N3. The summed E-state index contributed by atoms with van der Waals surface area (Å²) < 4.78 is 2.03. The highest BCUT2D eigenvalue weighted by Crippen LogP contribution is 2.16. The predicted octanol–water partition coefficient (Wildman–Crippen LogP) is 2.43. The summed E-state index contributed by atoms with van der Waals surface area (Å²) in [5.74, 6) is 0. The van der Waals surface area contributed by atoms with Crippen LogP contribution < -0.4 is 5.32 Å². The van der Waals surface area contributed by atoms with Crippen LogP contribution >= 0.6 is 0 Å². The lowest BCUT2D eigenvalue weighted by Gasteiger charge is -2.18. The van der Waals surface area contributed by atoms with E-state index in [2.05, 4.69) is 44.2 Å². The van der Waals surface area contributed by atoms with Crippen molar-refractivity contribution in [1.29, 1.82) is 0 Å². The standard InChI is InChI=1S/C12H23N3/c1-5-15-11(6-8-14-15)10-13-9-7-12(2,3)4/h6,8,13H,5,7,9-10H2,1-4H3. The first-order valence-electron chi connectivity index (χ1n) is 5.74. The molecule has 3 nitrogen and oxygen atoms in total. The summed E-state index contributed by atoms with van der Waals surface area (Å²) in [7, 11) is 0. The number of hydrogen-bond acceptors (Lipinski definition) is 2. The second kappa shape index (κ2) is 5.31. The van der Waals surface area contributed by atoms with Crippen LogP contribution in [0.25, 0.3) is 0 Å². The molecule has 0 aromatic carbocycles. The second-order valence-electron chi connectivity index (χ2n) is 5.13. The molecule has 0 aliphatic carbocycles. The molecule has 0 saturated carbocycles. The maximum atomic E-state index is 4.24. The van der Waals surface area contributed by atoms with E-state index in [1.165, 1.54) is 12.1 Å². The number of nitrogens with zero attached hydrogens (tertiary/aromatic N) is 2. The van der Waals surface area contributed by atoms with Crippen LogP contribution in [-0.4, -0.2) is 16.3 Å². The molecule has 86 valence electrons. The van der Waals surface area contributed by atoms with Gasteiger partial charge in [0, 0.05) is 19.3 Å². The molecule has 1 aromatic heterocycles. The van der Waals surface area contributed by atoms with Crippen LogP contribution in [0.5, 0.6) is 0 Å². The van der Waals surface area contributed by atoms with Crippen molar-refractivity contribution in [3.05, 3.63) is 18.0 Å². The van der Waals surface area contributed by atoms with Gasteiger partial charge in [0.25, 0.3) is 0 Å². The number of aromatic nitrogens is 2. The first-order chi connectivity index (χ1) is 7.03. The lowest BCUT2D eigenvalue weighted by atomic mass is 9.92. The van der Waals surface area contributed by atoms with E-state index in [0.717, 1.165) is 19.6 Å². The highest BCUT2D eigenvalue weighted by Gasteiger charge is 2.09. The zero-order valence-electron chi connectivity index (χ0n) is 10.4. The van der Waals surface area contributed by atoms with Gasteiger partial charge in [0.1, 0.15) is 0 Å². The fraction of sp³-hybridized carbons (Fsp3) is 0.750. The molecular weight excluding hydrogens is 186 g/mol. The summed E-state index contributed by atoms with van der Waals surface area (Å²) in [5.41, 5.74) is 1.68. The molecule has 3 heteroatoms. The van der Waals surface area contributed by atoms with Crippen molar-refractivity contribution in [1.82, 2.24) is 15.1 Å². The lowest BCUT2D eigenvalue weighted by Crippen LogP contribution is -2.21. The minimum atomic E-state index is 0.415. The van der Waals surface area contributed by atoms with Crippen LogP contribution in [0.2, 0.25) is 0 Å². The largest absolute Gasteiger partial charge is 0.311 e. The highest BCUT2D eigenvalue weighted by atomic mass is 15.3. The number of rotatable bonds is 5. The molecule has 0 bridgehead atoms. The van der Waals surface area contributed by atoms with E-state index in [4.69, 9.17) is 0 Å². The van der Waals surface area contributed by atoms with Crippen LogP contribution in [-0.2, 0) is 13.1 Å². The van der Waals surface area contributed by atoms with Gasteiger partial charge in [0.15, 0.2) is 0 Å². The molecule has 0 aliphatic heterocycles. The Hall–Kier alpha value is -0.830. The molecule has 1 heterocycles. The third-order valence-corrected chi connectivity index (χ3v) is 2.46. The third-order valence-electron chi connectivity index (χ3n) is 2.46. The highest BCUT2D eigenvalue weighted by molar-refractivity contribution is 4.99. The van der Waals surface area contributed by atoms with Crippen LogP contribution in [0.1, 0.15) is 39.8 Å². The zero-order valence-corrected chi connectivity index (χ0v) is 10.4. The molecule has 1 N–H and O–H groups in total. The van der Waals surface area contributed by atoms with Crippen molar-refractivity contribution >= 4 is 0 Å². The minimum Gasteiger partial charge on any atom is -0.311 e. The Bertz CT molecular complexity index is 283. The smallest absolute Gasteiger partial charge is 0.0521 e. The van der Waals surface area contributed by atoms with Crippen molar-refractivity contribution in [3.8, 4) is 0 Å². The van der Waals surface area contributed by atoms with Gasteiger partial charge in [0.2, 0.25) is 0 Å². The van der Waals surface area contributed by atoms with Crippen LogP contribution in [0.4, 0.5) is 0 Å². The first-order valence-corrected chi connectivity index (χ1v) is 5.74. The van der Waals surface area contributed by atoms with Gasteiger partial charge in [-0.05, 0) is 31.4 Å². The monoisotopic (exact) mass is 209 g/mol.